The Hall–Kier alpha value is -2.95. The van der Waals surface area contributed by atoms with Crippen molar-refractivity contribution in [3.63, 3.8) is 0 Å². The second-order valence-corrected chi connectivity index (χ2v) is 11.7. The van der Waals surface area contributed by atoms with E-state index in [2.05, 4.69) is 14.9 Å². The van der Waals surface area contributed by atoms with Gasteiger partial charge in [0.15, 0.2) is 17.5 Å². The van der Waals surface area contributed by atoms with Gasteiger partial charge in [0.05, 0.1) is 32.2 Å². The van der Waals surface area contributed by atoms with Crippen LogP contribution in [0, 0.1) is 18.6 Å². The van der Waals surface area contributed by atoms with Crippen LogP contribution in [0.2, 0.25) is 10.0 Å². The lowest BCUT2D eigenvalue weighted by atomic mass is 10.1. The fourth-order valence-corrected chi connectivity index (χ4v) is 5.91. The van der Waals surface area contributed by atoms with Crippen molar-refractivity contribution in [1.82, 2.24) is 14.7 Å². The Morgan fingerprint density at radius 2 is 1.76 bits per heavy atom. The summed E-state index contributed by atoms with van der Waals surface area (Å²) in [6, 6.07) is 12.2. The van der Waals surface area contributed by atoms with E-state index in [9.17, 15) is 17.2 Å². The number of aromatic nitrogens is 1. The van der Waals surface area contributed by atoms with Crippen molar-refractivity contribution in [2.75, 3.05) is 24.5 Å². The molecule has 5 rings (SSSR count). The van der Waals surface area contributed by atoms with Crippen molar-refractivity contribution in [3.05, 3.63) is 87.5 Å². The topological polar surface area (TPSA) is 77.9 Å². The van der Waals surface area contributed by atoms with E-state index in [4.69, 9.17) is 23.2 Å². The van der Waals surface area contributed by atoms with Gasteiger partial charge in [-0.15, -0.1) is 5.10 Å². The minimum absolute atomic E-state index is 0.0651. The first-order valence-electron chi connectivity index (χ1n) is 11.5. The Morgan fingerprint density at radius 1 is 1.08 bits per heavy atom. The summed E-state index contributed by atoms with van der Waals surface area (Å²) >= 11 is 13.1. The van der Waals surface area contributed by atoms with Crippen LogP contribution in [-0.2, 0) is 10.0 Å². The highest BCUT2D eigenvalue weighted by molar-refractivity contribution is 7.89. The third kappa shape index (κ3) is 5.10. The summed E-state index contributed by atoms with van der Waals surface area (Å²) in [6.45, 7) is 2.93. The molecule has 1 saturated heterocycles. The predicted octanol–water partition coefficient (Wildman–Crippen LogP) is 4.97. The van der Waals surface area contributed by atoms with Crippen molar-refractivity contribution in [1.29, 1.82) is 0 Å². The second kappa shape index (κ2) is 9.74. The molecule has 1 saturated carbocycles. The number of halogens is 4. The number of benzene rings is 2. The quantitative estimate of drug-likeness (QED) is 0.268. The Morgan fingerprint density at radius 3 is 2.38 bits per heavy atom. The van der Waals surface area contributed by atoms with Gasteiger partial charge >= 0.3 is 0 Å². The molecule has 194 valence electrons. The molecule has 0 unspecified atom stereocenters. The number of sulfonamides is 1. The van der Waals surface area contributed by atoms with E-state index in [-0.39, 0.29) is 16.5 Å². The molecule has 2 fully saturated rings. The smallest absolute Gasteiger partial charge is 0.276 e. The third-order valence-corrected chi connectivity index (χ3v) is 8.47. The minimum atomic E-state index is -3.98. The Balaban J connectivity index is 1.51. The molecule has 1 N–H and O–H groups in total. The number of anilines is 1. The van der Waals surface area contributed by atoms with Crippen LogP contribution in [-0.4, -0.2) is 49.3 Å². The molecule has 1 aliphatic heterocycles. The fourth-order valence-electron chi connectivity index (χ4n) is 4.54. The molecule has 37 heavy (non-hydrogen) atoms. The van der Waals surface area contributed by atoms with Crippen LogP contribution in [0.4, 0.5) is 14.6 Å². The number of amidine groups is 1. The predicted molar refractivity (Wildman–Crippen MR) is 140 cm³/mol. The molecule has 2 heterocycles. The van der Waals surface area contributed by atoms with Crippen LogP contribution in [0.15, 0.2) is 64.7 Å². The summed E-state index contributed by atoms with van der Waals surface area (Å²) in [4.78, 5) is 10.1. The van der Waals surface area contributed by atoms with Gasteiger partial charge in [-0.25, -0.2) is 13.8 Å². The Labute approximate surface area is 223 Å². The zero-order chi connectivity index (χ0) is 26.4. The number of nitrogens with zero attached hydrogens (tertiary/aromatic N) is 4. The first-order chi connectivity index (χ1) is 17.6. The number of piperazine rings is 1. The van der Waals surface area contributed by atoms with Crippen LogP contribution in [0.3, 0.4) is 0 Å². The number of hydrazone groups is 1. The molecular formula is C25H23Cl2F2N5O2S. The van der Waals surface area contributed by atoms with E-state index in [0.717, 1.165) is 30.7 Å². The van der Waals surface area contributed by atoms with Gasteiger partial charge in [0.2, 0.25) is 0 Å². The second-order valence-electron chi connectivity index (χ2n) is 9.20. The lowest BCUT2D eigenvalue weighted by Crippen LogP contribution is -2.58. The summed E-state index contributed by atoms with van der Waals surface area (Å²) in [7, 11) is -3.98. The number of nitrogens with one attached hydrogen (secondary N) is 1. The Bertz CT molecular complexity index is 1460. The molecule has 0 amide bonds. The zero-order valence-corrected chi connectivity index (χ0v) is 22.1. The highest BCUT2D eigenvalue weighted by atomic mass is 35.5. The number of aryl methyl sites for hydroxylation is 1. The SMILES string of the molecule is Cc1ccc(S(=O)(=O)N/N=C(/c2c(Cl)cccc2Cl)N2CCN(c3ncc(F)cc3F)CC23CC3)cc1. The van der Waals surface area contributed by atoms with Crippen LogP contribution in [0.1, 0.15) is 24.0 Å². The van der Waals surface area contributed by atoms with Gasteiger partial charge in [-0.05, 0) is 44.0 Å². The number of hydrogen-bond acceptors (Lipinski definition) is 5. The van der Waals surface area contributed by atoms with E-state index in [0.29, 0.717) is 35.2 Å². The third-order valence-electron chi connectivity index (χ3n) is 6.61. The lowest BCUT2D eigenvalue weighted by Gasteiger charge is -2.44. The normalized spacial score (nSPS) is 17.3. The maximum absolute atomic E-state index is 14.5. The molecule has 7 nitrogen and oxygen atoms in total. The molecule has 0 radical (unpaired) electrons. The Kier molecular flexibility index (Phi) is 6.76. The highest BCUT2D eigenvalue weighted by Gasteiger charge is 2.53. The summed E-state index contributed by atoms with van der Waals surface area (Å²) in [5, 5.41) is 4.97. The van der Waals surface area contributed by atoms with Crippen LogP contribution >= 0.6 is 23.2 Å². The summed E-state index contributed by atoms with van der Waals surface area (Å²) < 4.78 is 53.9. The molecule has 12 heteroatoms. The molecule has 1 aliphatic carbocycles. The number of hydrogen-bond donors (Lipinski definition) is 1. The maximum Gasteiger partial charge on any atom is 0.276 e. The molecule has 1 spiro atoms. The van der Waals surface area contributed by atoms with Crippen molar-refractivity contribution in [2.24, 2.45) is 5.10 Å². The lowest BCUT2D eigenvalue weighted by molar-refractivity contribution is 0.257. The van der Waals surface area contributed by atoms with E-state index >= 15 is 0 Å². The van der Waals surface area contributed by atoms with Crippen LogP contribution in [0.25, 0.3) is 0 Å². The van der Waals surface area contributed by atoms with Gasteiger partial charge in [-0.1, -0.05) is 47.0 Å². The first-order valence-corrected chi connectivity index (χ1v) is 13.8. The van der Waals surface area contributed by atoms with Gasteiger partial charge in [-0.3, -0.25) is 0 Å². The largest absolute Gasteiger partial charge is 0.350 e. The van der Waals surface area contributed by atoms with Crippen molar-refractivity contribution < 1.29 is 17.2 Å². The van der Waals surface area contributed by atoms with Gasteiger partial charge in [-0.2, -0.15) is 13.2 Å². The maximum atomic E-state index is 14.5. The molecule has 0 atom stereocenters. The summed E-state index contributed by atoms with van der Waals surface area (Å²) in [6.07, 6.45) is 2.48. The number of pyridine rings is 1. The molecule has 0 bridgehead atoms. The number of rotatable bonds is 5. The monoisotopic (exact) mass is 565 g/mol. The molecule has 1 aromatic heterocycles. The van der Waals surface area contributed by atoms with Crippen molar-refractivity contribution >= 4 is 44.9 Å². The molecule has 3 aromatic rings. The van der Waals surface area contributed by atoms with E-state index in [1.54, 1.807) is 35.2 Å². The zero-order valence-electron chi connectivity index (χ0n) is 19.8. The fraction of sp³-hybridized carbons (Fsp3) is 0.280. The molecule has 2 aliphatic rings. The van der Waals surface area contributed by atoms with Gasteiger partial charge in [0, 0.05) is 25.7 Å². The highest BCUT2D eigenvalue weighted by Crippen LogP contribution is 2.46. The molecule has 2 aromatic carbocycles. The van der Waals surface area contributed by atoms with E-state index in [1.165, 1.54) is 12.1 Å². The first kappa shape index (κ1) is 25.7. The van der Waals surface area contributed by atoms with E-state index < -0.39 is 27.2 Å². The summed E-state index contributed by atoms with van der Waals surface area (Å²) in [5.74, 6) is -1.14. The van der Waals surface area contributed by atoms with Crippen LogP contribution < -0.4 is 9.73 Å². The standard InChI is InChI=1S/C25H23Cl2F2N5O2S/c1-16-5-7-18(8-6-16)37(35,36)32-31-24(22-19(26)3-2-4-20(22)27)34-12-11-33(15-25(34)9-10-25)23-21(29)13-17(28)14-30-23/h2-8,13-14,32H,9-12,15H2,1H3/b31-24-. The van der Waals surface area contributed by atoms with Crippen molar-refractivity contribution in [2.45, 2.75) is 30.2 Å². The van der Waals surface area contributed by atoms with Gasteiger partial charge in [0.1, 0.15) is 5.82 Å². The van der Waals surface area contributed by atoms with Crippen LogP contribution in [0.5, 0.6) is 0 Å². The average Bonchev–Trinajstić information content (AvgIpc) is 3.61. The van der Waals surface area contributed by atoms with Gasteiger partial charge < -0.3 is 9.80 Å². The molecular weight excluding hydrogens is 543 g/mol. The average molecular weight is 566 g/mol. The minimum Gasteiger partial charge on any atom is -0.350 e. The summed E-state index contributed by atoms with van der Waals surface area (Å²) in [5.41, 5.74) is 0.840. The van der Waals surface area contributed by atoms with E-state index in [1.807, 2.05) is 11.8 Å². The van der Waals surface area contributed by atoms with Gasteiger partial charge in [0.25, 0.3) is 10.0 Å². The van der Waals surface area contributed by atoms with Crippen molar-refractivity contribution in [3.8, 4) is 0 Å².